The Morgan fingerprint density at radius 1 is 1.32 bits per heavy atom. The van der Waals surface area contributed by atoms with E-state index in [1.165, 1.54) is 24.5 Å². The highest BCUT2D eigenvalue weighted by Gasteiger charge is 2.21. The van der Waals surface area contributed by atoms with E-state index in [0.717, 1.165) is 6.07 Å². The predicted octanol–water partition coefficient (Wildman–Crippen LogP) is 2.81. The summed E-state index contributed by atoms with van der Waals surface area (Å²) in [5.41, 5.74) is 0.141. The van der Waals surface area contributed by atoms with Crippen molar-refractivity contribution in [3.8, 4) is 23.8 Å². The van der Waals surface area contributed by atoms with Gasteiger partial charge in [0, 0.05) is 11.6 Å². The molecule has 2 aromatic rings. The summed E-state index contributed by atoms with van der Waals surface area (Å²) in [4.78, 5) is 7.83. The molecule has 0 N–H and O–H groups in total. The molecule has 22 heavy (non-hydrogen) atoms. The second kappa shape index (κ2) is 7.14. The van der Waals surface area contributed by atoms with Crippen molar-refractivity contribution in [2.24, 2.45) is 0 Å². The van der Waals surface area contributed by atoms with Crippen molar-refractivity contribution in [1.29, 1.82) is 5.26 Å². The summed E-state index contributed by atoms with van der Waals surface area (Å²) < 4.78 is 32.4. The van der Waals surface area contributed by atoms with Crippen molar-refractivity contribution in [3.05, 3.63) is 53.5 Å². The molecule has 0 aliphatic rings. The summed E-state index contributed by atoms with van der Waals surface area (Å²) in [6, 6.07) is 7.01. The Morgan fingerprint density at radius 3 is 2.86 bits per heavy atom. The number of halogens is 2. The standard InChI is InChI=1S/C16H11F2N3O/c1-2-3-7-22-15-8-14(20-10-21-15)12(9-19)11-5-4-6-13(17)16(11)18/h4-6,8,10,12H,7H2,1H3. The Morgan fingerprint density at radius 2 is 2.14 bits per heavy atom. The van der Waals surface area contributed by atoms with Crippen LogP contribution in [-0.2, 0) is 0 Å². The van der Waals surface area contributed by atoms with E-state index in [0.29, 0.717) is 0 Å². The second-order valence-corrected chi connectivity index (χ2v) is 4.20. The van der Waals surface area contributed by atoms with Gasteiger partial charge in [0.1, 0.15) is 12.2 Å². The highest BCUT2D eigenvalue weighted by molar-refractivity contribution is 5.37. The van der Waals surface area contributed by atoms with Crippen molar-refractivity contribution in [1.82, 2.24) is 9.97 Å². The SMILES string of the molecule is CC#CCOc1cc(C(C#N)c2cccc(F)c2F)ncn1. The first kappa shape index (κ1) is 15.4. The molecule has 1 aromatic carbocycles. The first-order valence-electron chi connectivity index (χ1n) is 6.35. The maximum atomic E-state index is 13.9. The fourth-order valence-electron chi connectivity index (χ4n) is 1.81. The van der Waals surface area contributed by atoms with Gasteiger partial charge in [-0.2, -0.15) is 5.26 Å². The van der Waals surface area contributed by atoms with Crippen molar-refractivity contribution in [2.75, 3.05) is 6.61 Å². The lowest BCUT2D eigenvalue weighted by molar-refractivity contribution is 0.353. The van der Waals surface area contributed by atoms with Gasteiger partial charge in [0.15, 0.2) is 18.2 Å². The molecule has 1 atom stereocenters. The highest BCUT2D eigenvalue weighted by atomic mass is 19.2. The molecule has 1 unspecified atom stereocenters. The molecule has 0 saturated carbocycles. The lowest BCUT2D eigenvalue weighted by Crippen LogP contribution is -2.06. The molecule has 4 nitrogen and oxygen atoms in total. The average Bonchev–Trinajstić information content (AvgIpc) is 2.53. The van der Waals surface area contributed by atoms with E-state index in [9.17, 15) is 14.0 Å². The Balaban J connectivity index is 2.35. The normalized spacial score (nSPS) is 11.0. The molecule has 0 saturated heterocycles. The monoisotopic (exact) mass is 299 g/mol. The van der Waals surface area contributed by atoms with Crippen LogP contribution in [0.4, 0.5) is 8.78 Å². The average molecular weight is 299 g/mol. The summed E-state index contributed by atoms with van der Waals surface area (Å²) in [5.74, 6) is 2.44. The highest BCUT2D eigenvalue weighted by Crippen LogP contribution is 2.27. The van der Waals surface area contributed by atoms with Gasteiger partial charge in [0.2, 0.25) is 5.88 Å². The number of nitrogens with zero attached hydrogens (tertiary/aromatic N) is 3. The third kappa shape index (κ3) is 3.36. The van der Waals surface area contributed by atoms with Gasteiger partial charge in [-0.25, -0.2) is 18.7 Å². The lowest BCUT2D eigenvalue weighted by atomic mass is 9.96. The molecule has 1 heterocycles. The third-order valence-electron chi connectivity index (χ3n) is 2.85. The predicted molar refractivity (Wildman–Crippen MR) is 74.8 cm³/mol. The summed E-state index contributed by atoms with van der Waals surface area (Å²) in [6.07, 6.45) is 1.20. The molecule has 0 fully saturated rings. The molecule has 0 aliphatic carbocycles. The van der Waals surface area contributed by atoms with E-state index in [4.69, 9.17) is 4.74 Å². The fourth-order valence-corrected chi connectivity index (χ4v) is 1.81. The molecule has 0 spiro atoms. The van der Waals surface area contributed by atoms with Crippen molar-refractivity contribution < 1.29 is 13.5 Å². The minimum Gasteiger partial charge on any atom is -0.464 e. The molecule has 2 rings (SSSR count). The van der Waals surface area contributed by atoms with Gasteiger partial charge in [-0.05, 0) is 13.0 Å². The minimum atomic E-state index is -1.06. The number of rotatable bonds is 4. The Hall–Kier alpha value is -2.99. The quantitative estimate of drug-likeness (QED) is 0.815. The van der Waals surface area contributed by atoms with Crippen LogP contribution >= 0.6 is 0 Å². The van der Waals surface area contributed by atoms with Gasteiger partial charge in [-0.3, -0.25) is 0 Å². The summed E-state index contributed by atoms with van der Waals surface area (Å²) in [6.45, 7) is 1.81. The zero-order valence-corrected chi connectivity index (χ0v) is 11.7. The van der Waals surface area contributed by atoms with Gasteiger partial charge in [-0.15, -0.1) is 5.92 Å². The van der Waals surface area contributed by atoms with E-state index in [2.05, 4.69) is 21.8 Å². The fraction of sp³-hybridized carbons (Fsp3) is 0.188. The van der Waals surface area contributed by atoms with Crippen LogP contribution in [0.1, 0.15) is 24.1 Å². The van der Waals surface area contributed by atoms with Gasteiger partial charge < -0.3 is 4.74 Å². The van der Waals surface area contributed by atoms with Crippen molar-refractivity contribution in [2.45, 2.75) is 12.8 Å². The van der Waals surface area contributed by atoms with Gasteiger partial charge in [0.05, 0.1) is 11.8 Å². The van der Waals surface area contributed by atoms with Crippen LogP contribution < -0.4 is 4.74 Å². The van der Waals surface area contributed by atoms with Crippen LogP contribution in [-0.4, -0.2) is 16.6 Å². The van der Waals surface area contributed by atoms with Crippen molar-refractivity contribution in [3.63, 3.8) is 0 Å². The van der Waals surface area contributed by atoms with Crippen LogP contribution in [0.15, 0.2) is 30.6 Å². The van der Waals surface area contributed by atoms with Crippen LogP contribution in [0, 0.1) is 34.8 Å². The van der Waals surface area contributed by atoms with Crippen molar-refractivity contribution >= 4 is 0 Å². The molecular formula is C16H11F2N3O. The van der Waals surface area contributed by atoms with Crippen LogP contribution in [0.25, 0.3) is 0 Å². The molecule has 0 amide bonds. The molecule has 0 bridgehead atoms. The third-order valence-corrected chi connectivity index (χ3v) is 2.85. The molecule has 0 radical (unpaired) electrons. The molecular weight excluding hydrogens is 288 g/mol. The smallest absolute Gasteiger partial charge is 0.217 e. The molecule has 1 aromatic heterocycles. The first-order valence-corrected chi connectivity index (χ1v) is 6.35. The van der Waals surface area contributed by atoms with E-state index < -0.39 is 17.6 Å². The Labute approximate surface area is 126 Å². The van der Waals surface area contributed by atoms with Crippen LogP contribution in [0.5, 0.6) is 5.88 Å². The number of benzene rings is 1. The topological polar surface area (TPSA) is 58.8 Å². The molecule has 6 heteroatoms. The zero-order chi connectivity index (χ0) is 15.9. The van der Waals surface area contributed by atoms with Crippen LogP contribution in [0.2, 0.25) is 0 Å². The first-order chi connectivity index (χ1) is 10.7. The van der Waals surface area contributed by atoms with Gasteiger partial charge in [-0.1, -0.05) is 18.1 Å². The largest absolute Gasteiger partial charge is 0.464 e. The number of hydrogen-bond donors (Lipinski definition) is 0. The van der Waals surface area contributed by atoms with E-state index >= 15 is 0 Å². The van der Waals surface area contributed by atoms with Gasteiger partial charge in [0.25, 0.3) is 0 Å². The zero-order valence-electron chi connectivity index (χ0n) is 11.7. The lowest BCUT2D eigenvalue weighted by Gasteiger charge is -2.11. The van der Waals surface area contributed by atoms with E-state index in [1.807, 2.05) is 6.07 Å². The van der Waals surface area contributed by atoms with E-state index in [-0.39, 0.29) is 23.7 Å². The maximum Gasteiger partial charge on any atom is 0.217 e. The molecule has 110 valence electrons. The van der Waals surface area contributed by atoms with Crippen LogP contribution in [0.3, 0.4) is 0 Å². The molecule has 0 aliphatic heterocycles. The number of aromatic nitrogens is 2. The summed E-state index contributed by atoms with van der Waals surface area (Å²) in [5, 5.41) is 9.29. The van der Waals surface area contributed by atoms with E-state index in [1.54, 1.807) is 6.92 Å². The minimum absolute atomic E-state index is 0.0829. The summed E-state index contributed by atoms with van der Waals surface area (Å²) in [7, 11) is 0. The number of hydrogen-bond acceptors (Lipinski definition) is 4. The van der Waals surface area contributed by atoms with Gasteiger partial charge >= 0.3 is 0 Å². The Bertz CT molecular complexity index is 775. The Kier molecular flexibility index (Phi) is 5.00. The maximum absolute atomic E-state index is 13.9. The number of ether oxygens (including phenoxy) is 1. The second-order valence-electron chi connectivity index (χ2n) is 4.20. The number of nitriles is 1. The summed E-state index contributed by atoms with van der Waals surface area (Å²) >= 11 is 0.